The van der Waals surface area contributed by atoms with Crippen LogP contribution >= 0.6 is 22.6 Å². The molecule has 0 aliphatic heterocycles. The van der Waals surface area contributed by atoms with Crippen LogP contribution < -0.4 is 4.74 Å². The second kappa shape index (κ2) is 5.70. The first-order valence-corrected chi connectivity index (χ1v) is 5.85. The summed E-state index contributed by atoms with van der Waals surface area (Å²) < 4.78 is 41.8. The highest BCUT2D eigenvalue weighted by Gasteiger charge is 2.28. The molecule has 0 N–H and O–H groups in total. The molecule has 0 radical (unpaired) electrons. The van der Waals surface area contributed by atoms with Crippen LogP contribution in [-0.4, -0.2) is 19.1 Å². The predicted octanol–water partition coefficient (Wildman–Crippen LogP) is 3.83. The van der Waals surface area contributed by atoms with Gasteiger partial charge in [-0.3, -0.25) is 4.79 Å². The molecule has 0 bridgehead atoms. The highest BCUT2D eigenvalue weighted by molar-refractivity contribution is 14.1. The third-order valence-corrected chi connectivity index (χ3v) is 2.77. The molecular weight excluding hydrogens is 348 g/mol. The SMILES string of the molecule is COc1ccc(I)cc1C(=O)CCC(F)(F)F. The van der Waals surface area contributed by atoms with Crippen molar-refractivity contribution in [1.29, 1.82) is 0 Å². The van der Waals surface area contributed by atoms with Gasteiger partial charge in [-0.25, -0.2) is 0 Å². The van der Waals surface area contributed by atoms with E-state index >= 15 is 0 Å². The van der Waals surface area contributed by atoms with Gasteiger partial charge in [0.05, 0.1) is 19.1 Å². The summed E-state index contributed by atoms with van der Waals surface area (Å²) >= 11 is 1.99. The molecule has 0 spiro atoms. The number of carbonyl (C=O) groups excluding carboxylic acids is 1. The van der Waals surface area contributed by atoms with Crippen molar-refractivity contribution in [2.24, 2.45) is 0 Å². The van der Waals surface area contributed by atoms with Crippen molar-refractivity contribution in [1.82, 2.24) is 0 Å². The summed E-state index contributed by atoms with van der Waals surface area (Å²) in [5.74, 6) is -0.254. The number of alkyl halides is 3. The summed E-state index contributed by atoms with van der Waals surface area (Å²) in [4.78, 5) is 11.6. The first-order valence-electron chi connectivity index (χ1n) is 4.77. The van der Waals surface area contributed by atoms with Crippen LogP contribution in [0.15, 0.2) is 18.2 Å². The minimum absolute atomic E-state index is 0.198. The fourth-order valence-electron chi connectivity index (χ4n) is 1.29. The Morgan fingerprint density at radius 2 is 2.06 bits per heavy atom. The smallest absolute Gasteiger partial charge is 0.389 e. The van der Waals surface area contributed by atoms with E-state index in [1.54, 1.807) is 12.1 Å². The Hall–Kier alpha value is -0.790. The van der Waals surface area contributed by atoms with E-state index in [4.69, 9.17) is 4.74 Å². The maximum absolute atomic E-state index is 12.0. The number of rotatable bonds is 4. The summed E-state index contributed by atoms with van der Waals surface area (Å²) in [7, 11) is 1.38. The van der Waals surface area contributed by atoms with Crippen LogP contribution in [-0.2, 0) is 0 Å². The van der Waals surface area contributed by atoms with Gasteiger partial charge in [0.15, 0.2) is 5.78 Å². The van der Waals surface area contributed by atoms with E-state index in [1.165, 1.54) is 13.2 Å². The fourth-order valence-corrected chi connectivity index (χ4v) is 1.78. The van der Waals surface area contributed by atoms with Crippen LogP contribution in [0.3, 0.4) is 0 Å². The molecule has 94 valence electrons. The van der Waals surface area contributed by atoms with E-state index in [0.29, 0.717) is 5.75 Å². The molecule has 0 aromatic heterocycles. The lowest BCUT2D eigenvalue weighted by atomic mass is 10.1. The van der Waals surface area contributed by atoms with Crippen LogP contribution in [0.2, 0.25) is 0 Å². The van der Waals surface area contributed by atoms with Gasteiger partial charge in [0.25, 0.3) is 0 Å². The molecule has 0 aliphatic rings. The molecular formula is C11H10F3IO2. The molecule has 0 heterocycles. The molecule has 0 aliphatic carbocycles. The van der Waals surface area contributed by atoms with Crippen molar-refractivity contribution in [3.63, 3.8) is 0 Å². The van der Waals surface area contributed by atoms with E-state index in [2.05, 4.69) is 0 Å². The van der Waals surface area contributed by atoms with Gasteiger partial charge in [-0.05, 0) is 40.8 Å². The molecule has 0 amide bonds. The third-order valence-electron chi connectivity index (χ3n) is 2.10. The van der Waals surface area contributed by atoms with E-state index in [1.807, 2.05) is 22.6 Å². The number of carbonyl (C=O) groups is 1. The molecule has 0 saturated heterocycles. The standard InChI is InChI=1S/C11H10F3IO2/c1-17-10-3-2-7(15)6-8(10)9(16)4-5-11(12,13)14/h2-3,6H,4-5H2,1H3. The molecule has 6 heteroatoms. The first-order chi connectivity index (χ1) is 7.83. The summed E-state index contributed by atoms with van der Waals surface area (Å²) in [5, 5.41) is 0. The van der Waals surface area contributed by atoms with Gasteiger partial charge in [0.2, 0.25) is 0 Å². The zero-order chi connectivity index (χ0) is 13.1. The largest absolute Gasteiger partial charge is 0.496 e. The van der Waals surface area contributed by atoms with Crippen LogP contribution in [0.25, 0.3) is 0 Å². The van der Waals surface area contributed by atoms with Gasteiger partial charge in [0, 0.05) is 9.99 Å². The highest BCUT2D eigenvalue weighted by Crippen LogP contribution is 2.26. The molecule has 1 aromatic rings. The lowest BCUT2D eigenvalue weighted by Gasteiger charge is -2.09. The average Bonchev–Trinajstić information content (AvgIpc) is 2.25. The summed E-state index contributed by atoms with van der Waals surface area (Å²) in [6.45, 7) is 0. The number of ether oxygens (including phenoxy) is 1. The van der Waals surface area contributed by atoms with E-state index in [-0.39, 0.29) is 5.56 Å². The second-order valence-corrected chi connectivity index (χ2v) is 4.63. The van der Waals surface area contributed by atoms with Crippen LogP contribution in [0.4, 0.5) is 13.2 Å². The Morgan fingerprint density at radius 3 is 2.59 bits per heavy atom. The van der Waals surface area contributed by atoms with E-state index in [0.717, 1.165) is 3.57 Å². The minimum atomic E-state index is -4.31. The molecule has 17 heavy (non-hydrogen) atoms. The van der Waals surface area contributed by atoms with Crippen molar-refractivity contribution in [2.45, 2.75) is 19.0 Å². The molecule has 2 nitrogen and oxygen atoms in total. The van der Waals surface area contributed by atoms with Crippen molar-refractivity contribution < 1.29 is 22.7 Å². The zero-order valence-electron chi connectivity index (χ0n) is 8.97. The second-order valence-electron chi connectivity index (χ2n) is 3.38. The van der Waals surface area contributed by atoms with Gasteiger partial charge in [-0.15, -0.1) is 0 Å². The van der Waals surface area contributed by atoms with Crippen molar-refractivity contribution >= 4 is 28.4 Å². The van der Waals surface area contributed by atoms with Gasteiger partial charge in [-0.2, -0.15) is 13.2 Å². The Morgan fingerprint density at radius 1 is 1.41 bits per heavy atom. The molecule has 0 unspecified atom stereocenters. The van der Waals surface area contributed by atoms with Crippen LogP contribution in [0.5, 0.6) is 5.75 Å². The predicted molar refractivity (Wildman–Crippen MR) is 65.3 cm³/mol. The number of hydrogen-bond acceptors (Lipinski definition) is 2. The fraction of sp³-hybridized carbons (Fsp3) is 0.364. The van der Waals surface area contributed by atoms with E-state index < -0.39 is 24.8 Å². The number of halogens is 4. The quantitative estimate of drug-likeness (QED) is 0.604. The Labute approximate surface area is 110 Å². The molecule has 1 aromatic carbocycles. The van der Waals surface area contributed by atoms with Crippen molar-refractivity contribution in [3.05, 3.63) is 27.3 Å². The lowest BCUT2D eigenvalue weighted by Crippen LogP contribution is -2.11. The summed E-state index contributed by atoms with van der Waals surface area (Å²) in [6.07, 6.45) is -5.98. The van der Waals surface area contributed by atoms with E-state index in [9.17, 15) is 18.0 Å². The Balaban J connectivity index is 2.84. The van der Waals surface area contributed by atoms with Crippen LogP contribution in [0.1, 0.15) is 23.2 Å². The van der Waals surface area contributed by atoms with Gasteiger partial charge >= 0.3 is 6.18 Å². The van der Waals surface area contributed by atoms with Crippen molar-refractivity contribution in [3.8, 4) is 5.75 Å². The molecule has 0 fully saturated rings. The zero-order valence-corrected chi connectivity index (χ0v) is 11.1. The van der Waals surface area contributed by atoms with Crippen LogP contribution in [0, 0.1) is 3.57 Å². The Kier molecular flexibility index (Phi) is 4.79. The minimum Gasteiger partial charge on any atom is -0.496 e. The van der Waals surface area contributed by atoms with Crippen molar-refractivity contribution in [2.75, 3.05) is 7.11 Å². The average molecular weight is 358 g/mol. The molecule has 1 rings (SSSR count). The Bertz CT molecular complexity index is 416. The maximum atomic E-state index is 12.0. The monoisotopic (exact) mass is 358 g/mol. The maximum Gasteiger partial charge on any atom is 0.389 e. The topological polar surface area (TPSA) is 26.3 Å². The number of Topliss-reactive ketones (excluding diaryl/α,β-unsaturated/α-hetero) is 1. The lowest BCUT2D eigenvalue weighted by molar-refractivity contribution is -0.133. The number of methoxy groups -OCH3 is 1. The normalized spacial score (nSPS) is 11.4. The number of benzene rings is 1. The molecule has 0 atom stereocenters. The number of ketones is 1. The molecule has 0 saturated carbocycles. The summed E-state index contributed by atoms with van der Waals surface area (Å²) in [6, 6.07) is 4.82. The third kappa shape index (κ3) is 4.53. The van der Waals surface area contributed by atoms with Gasteiger partial charge in [-0.1, -0.05) is 0 Å². The number of hydrogen-bond donors (Lipinski definition) is 0. The highest BCUT2D eigenvalue weighted by atomic mass is 127. The van der Waals surface area contributed by atoms with Gasteiger partial charge < -0.3 is 4.74 Å². The van der Waals surface area contributed by atoms with Gasteiger partial charge in [0.1, 0.15) is 5.75 Å². The summed E-state index contributed by atoms with van der Waals surface area (Å²) in [5.41, 5.74) is 0.198. The first kappa shape index (κ1) is 14.3.